The Kier molecular flexibility index (Phi) is 10.8. The average molecular weight is 521 g/mol. The lowest BCUT2D eigenvalue weighted by molar-refractivity contribution is -0.142. The van der Waals surface area contributed by atoms with Gasteiger partial charge in [-0.1, -0.05) is 37.0 Å². The fraction of sp³-hybridized carbons (Fsp3) is 0.370. The predicted octanol–water partition coefficient (Wildman–Crippen LogP) is 7.41. The van der Waals surface area contributed by atoms with E-state index in [0.717, 1.165) is 41.0 Å². The lowest BCUT2D eigenvalue weighted by Crippen LogP contribution is -2.02. The molecule has 0 spiro atoms. The quantitative estimate of drug-likeness (QED) is 0.247. The Morgan fingerprint density at radius 3 is 2.06 bits per heavy atom. The summed E-state index contributed by atoms with van der Waals surface area (Å²) in [5.74, 6) is 1.28. The van der Waals surface area contributed by atoms with Crippen LogP contribution in [0.2, 0.25) is 10.0 Å². The topological polar surface area (TPSA) is 75.7 Å². The largest absolute Gasteiger partial charge is 0.493 e. The van der Waals surface area contributed by atoms with Crippen molar-refractivity contribution in [2.45, 2.75) is 47.1 Å². The number of halogens is 2. The fourth-order valence-electron chi connectivity index (χ4n) is 3.69. The fourth-order valence-corrected chi connectivity index (χ4v) is 4.17. The van der Waals surface area contributed by atoms with E-state index in [2.05, 4.69) is 29.2 Å². The van der Waals surface area contributed by atoms with Gasteiger partial charge < -0.3 is 24.5 Å². The first-order chi connectivity index (χ1) is 16.7. The summed E-state index contributed by atoms with van der Waals surface area (Å²) in [6, 6.07) is 11.8. The molecule has 8 heteroatoms. The molecule has 0 atom stereocenters. The molecule has 3 rings (SSSR count). The summed E-state index contributed by atoms with van der Waals surface area (Å²) < 4.78 is 17.7. The Bertz CT molecular complexity index is 1140. The number of nitrogens with two attached hydrogens (primary N) is 1. The molecule has 0 saturated carbocycles. The van der Waals surface area contributed by atoms with Gasteiger partial charge in [0.25, 0.3) is 0 Å². The predicted molar refractivity (Wildman–Crippen MR) is 145 cm³/mol. The zero-order valence-corrected chi connectivity index (χ0v) is 22.7. The molecule has 3 aromatic rings. The second-order valence-electron chi connectivity index (χ2n) is 7.76. The molecular formula is C27H34Cl2N2O4. The van der Waals surface area contributed by atoms with Gasteiger partial charge in [0, 0.05) is 35.5 Å². The van der Waals surface area contributed by atoms with Crippen LogP contribution in [0.15, 0.2) is 36.4 Å². The Hall–Kier alpha value is -2.83. The number of hydrogen-bond donors (Lipinski definition) is 1. The highest BCUT2D eigenvalue weighted by atomic mass is 35.5. The second-order valence-corrected chi connectivity index (χ2v) is 8.58. The van der Waals surface area contributed by atoms with Gasteiger partial charge in [-0.05, 0) is 62.2 Å². The third kappa shape index (κ3) is 6.86. The highest BCUT2D eigenvalue weighted by Gasteiger charge is 2.17. The lowest BCUT2D eigenvalue weighted by Gasteiger charge is -2.13. The van der Waals surface area contributed by atoms with Crippen LogP contribution in [-0.2, 0) is 16.1 Å². The third-order valence-corrected chi connectivity index (χ3v) is 6.10. The molecule has 0 aliphatic heterocycles. The molecule has 0 bridgehead atoms. The second kappa shape index (κ2) is 13.3. The molecule has 0 unspecified atom stereocenters. The van der Waals surface area contributed by atoms with Crippen LogP contribution in [0, 0.1) is 6.92 Å². The first-order valence-corrected chi connectivity index (χ1v) is 12.3. The summed E-state index contributed by atoms with van der Waals surface area (Å²) >= 11 is 12.5. The summed E-state index contributed by atoms with van der Waals surface area (Å²) in [6.45, 7) is 9.23. The number of rotatable bonds is 8. The number of benzene rings is 2. The van der Waals surface area contributed by atoms with Crippen molar-refractivity contribution < 1.29 is 19.0 Å². The molecule has 0 saturated heterocycles. The highest BCUT2D eigenvalue weighted by molar-refractivity contribution is 6.39. The van der Waals surface area contributed by atoms with E-state index < -0.39 is 0 Å². The number of anilines is 1. The maximum absolute atomic E-state index is 10.2. The van der Waals surface area contributed by atoms with Crippen LogP contribution in [0.5, 0.6) is 11.5 Å². The van der Waals surface area contributed by atoms with Gasteiger partial charge in [-0.2, -0.15) is 0 Å². The summed E-state index contributed by atoms with van der Waals surface area (Å²) in [5, 5.41) is 0.913. The number of aromatic nitrogens is 1. The Balaban J connectivity index is 0.000000540. The van der Waals surface area contributed by atoms with E-state index >= 15 is 0 Å². The van der Waals surface area contributed by atoms with Gasteiger partial charge >= 0.3 is 5.97 Å². The van der Waals surface area contributed by atoms with Crippen LogP contribution in [-0.4, -0.2) is 31.4 Å². The van der Waals surface area contributed by atoms with E-state index in [9.17, 15) is 4.79 Å². The molecular weight excluding hydrogens is 487 g/mol. The summed E-state index contributed by atoms with van der Waals surface area (Å²) in [5.41, 5.74) is 11.6. The number of ether oxygens (including phenoxy) is 3. The normalized spacial score (nSPS) is 10.4. The van der Waals surface area contributed by atoms with Crippen molar-refractivity contribution in [2.75, 3.05) is 26.6 Å². The van der Waals surface area contributed by atoms with E-state index in [1.807, 2.05) is 30.3 Å². The molecule has 0 amide bonds. The molecule has 190 valence electrons. The molecule has 0 radical (unpaired) electrons. The van der Waals surface area contributed by atoms with E-state index in [-0.39, 0.29) is 5.97 Å². The van der Waals surface area contributed by atoms with Gasteiger partial charge in [0.2, 0.25) is 0 Å². The van der Waals surface area contributed by atoms with Crippen LogP contribution in [0.3, 0.4) is 0 Å². The molecule has 2 N–H and O–H groups in total. The number of esters is 1. The summed E-state index contributed by atoms with van der Waals surface area (Å²) in [6.07, 6.45) is 1.49. The highest BCUT2D eigenvalue weighted by Crippen LogP contribution is 2.39. The maximum Gasteiger partial charge on any atom is 0.305 e. The number of carbonyl (C=O) groups is 1. The Labute approximate surface area is 217 Å². The number of nitrogen functional groups attached to an aromatic ring is 1. The van der Waals surface area contributed by atoms with Crippen molar-refractivity contribution in [1.29, 1.82) is 0 Å². The van der Waals surface area contributed by atoms with Gasteiger partial charge in [-0.15, -0.1) is 0 Å². The minimum Gasteiger partial charge on any atom is -0.493 e. The standard InChI is InChI=1S/C22H24Cl2N2O2.C5H10O2/c1-5-8-26-13(2)16(15-9-17(23)22(25)18(24)10-15)12-19(26)14-6-7-20(27-3)21(11-14)28-4;1-3-5(6)7-4-2/h6-7,9-12H,5,8,25H2,1-4H3;3-4H2,1-2H3. The molecule has 0 fully saturated rings. The van der Waals surface area contributed by atoms with Crippen LogP contribution < -0.4 is 15.2 Å². The number of methoxy groups -OCH3 is 2. The molecule has 0 aliphatic carbocycles. The van der Waals surface area contributed by atoms with Crippen LogP contribution in [0.4, 0.5) is 5.69 Å². The Morgan fingerprint density at radius 1 is 0.943 bits per heavy atom. The van der Waals surface area contributed by atoms with E-state index in [4.69, 9.17) is 38.4 Å². The van der Waals surface area contributed by atoms with Crippen molar-refractivity contribution in [3.63, 3.8) is 0 Å². The number of hydrogen-bond acceptors (Lipinski definition) is 5. The SMILES string of the molecule is CCCn1c(-c2ccc(OC)c(OC)c2)cc(-c2cc(Cl)c(N)c(Cl)c2)c1C.CCOC(=O)CC. The maximum atomic E-state index is 10.2. The summed E-state index contributed by atoms with van der Waals surface area (Å²) in [7, 11) is 3.27. The van der Waals surface area contributed by atoms with Crippen molar-refractivity contribution >= 4 is 34.9 Å². The molecule has 0 aliphatic rings. The lowest BCUT2D eigenvalue weighted by atomic mass is 10.0. The molecule has 1 aromatic heterocycles. The van der Waals surface area contributed by atoms with Gasteiger partial charge in [0.1, 0.15) is 0 Å². The Morgan fingerprint density at radius 2 is 1.57 bits per heavy atom. The minimum absolute atomic E-state index is 0.123. The van der Waals surface area contributed by atoms with Gasteiger partial charge in [-0.3, -0.25) is 4.79 Å². The van der Waals surface area contributed by atoms with Crippen molar-refractivity contribution in [1.82, 2.24) is 4.57 Å². The van der Waals surface area contributed by atoms with Crippen LogP contribution >= 0.6 is 23.2 Å². The van der Waals surface area contributed by atoms with Crippen molar-refractivity contribution in [3.05, 3.63) is 52.1 Å². The van der Waals surface area contributed by atoms with Crippen LogP contribution in [0.1, 0.15) is 39.3 Å². The summed E-state index contributed by atoms with van der Waals surface area (Å²) in [4.78, 5) is 10.2. The first-order valence-electron chi connectivity index (χ1n) is 11.5. The third-order valence-electron chi connectivity index (χ3n) is 5.48. The first kappa shape index (κ1) is 28.4. The smallest absolute Gasteiger partial charge is 0.305 e. The van der Waals surface area contributed by atoms with Gasteiger partial charge in [-0.25, -0.2) is 0 Å². The molecule has 2 aromatic carbocycles. The zero-order chi connectivity index (χ0) is 26.1. The van der Waals surface area contributed by atoms with E-state index in [0.29, 0.717) is 40.3 Å². The zero-order valence-electron chi connectivity index (χ0n) is 21.2. The molecule has 6 nitrogen and oxygen atoms in total. The molecule has 35 heavy (non-hydrogen) atoms. The number of carbonyl (C=O) groups excluding carboxylic acids is 1. The van der Waals surface area contributed by atoms with E-state index in [1.54, 1.807) is 28.1 Å². The van der Waals surface area contributed by atoms with E-state index in [1.165, 1.54) is 0 Å². The van der Waals surface area contributed by atoms with Gasteiger partial charge in [0.15, 0.2) is 11.5 Å². The van der Waals surface area contributed by atoms with Gasteiger partial charge in [0.05, 0.1) is 36.6 Å². The average Bonchev–Trinajstić information content (AvgIpc) is 3.18. The van der Waals surface area contributed by atoms with Crippen molar-refractivity contribution in [2.24, 2.45) is 0 Å². The number of nitrogens with zero attached hydrogens (tertiary/aromatic N) is 1. The van der Waals surface area contributed by atoms with Crippen molar-refractivity contribution in [3.8, 4) is 33.9 Å². The monoisotopic (exact) mass is 520 g/mol. The van der Waals surface area contributed by atoms with Crippen LogP contribution in [0.25, 0.3) is 22.4 Å². The minimum atomic E-state index is -0.123. The molecule has 1 heterocycles.